The zero-order chi connectivity index (χ0) is 15.5. The van der Waals surface area contributed by atoms with Crippen molar-refractivity contribution in [2.45, 2.75) is 13.0 Å². The van der Waals surface area contributed by atoms with E-state index in [1.807, 2.05) is 24.4 Å². The number of pyridine rings is 1. The number of rotatable bonds is 3. The molecule has 4 nitrogen and oxygen atoms in total. The SMILES string of the molecule is CC(c1ccc(O)c(F)c1)N1CCN(c2ccccn2)CC1. The molecule has 1 atom stereocenters. The molecule has 1 unspecified atom stereocenters. The number of nitrogens with zero attached hydrogens (tertiary/aromatic N) is 3. The number of hydrogen-bond donors (Lipinski definition) is 1. The van der Waals surface area contributed by atoms with Crippen molar-refractivity contribution in [3.8, 4) is 5.75 Å². The first-order chi connectivity index (χ1) is 10.6. The van der Waals surface area contributed by atoms with E-state index in [1.165, 1.54) is 12.1 Å². The van der Waals surface area contributed by atoms with Crippen LogP contribution >= 0.6 is 0 Å². The molecule has 1 fully saturated rings. The Morgan fingerprint density at radius 2 is 1.91 bits per heavy atom. The molecule has 116 valence electrons. The van der Waals surface area contributed by atoms with Crippen molar-refractivity contribution in [1.29, 1.82) is 0 Å². The van der Waals surface area contributed by atoms with E-state index in [-0.39, 0.29) is 11.8 Å². The Labute approximate surface area is 129 Å². The van der Waals surface area contributed by atoms with Crippen molar-refractivity contribution in [3.05, 3.63) is 54.0 Å². The summed E-state index contributed by atoms with van der Waals surface area (Å²) in [5.41, 5.74) is 0.890. The summed E-state index contributed by atoms with van der Waals surface area (Å²) in [5, 5.41) is 9.29. The molecule has 1 aromatic carbocycles. The molecule has 1 aromatic heterocycles. The lowest BCUT2D eigenvalue weighted by molar-refractivity contribution is 0.198. The molecule has 3 rings (SSSR count). The molecule has 0 radical (unpaired) electrons. The maximum Gasteiger partial charge on any atom is 0.165 e. The lowest BCUT2D eigenvalue weighted by atomic mass is 10.1. The van der Waals surface area contributed by atoms with Crippen molar-refractivity contribution >= 4 is 5.82 Å². The quantitative estimate of drug-likeness (QED) is 0.946. The van der Waals surface area contributed by atoms with Gasteiger partial charge in [0.15, 0.2) is 11.6 Å². The van der Waals surface area contributed by atoms with E-state index in [0.29, 0.717) is 0 Å². The maximum atomic E-state index is 13.5. The smallest absolute Gasteiger partial charge is 0.165 e. The van der Waals surface area contributed by atoms with Crippen molar-refractivity contribution in [2.24, 2.45) is 0 Å². The van der Waals surface area contributed by atoms with E-state index in [9.17, 15) is 9.50 Å². The van der Waals surface area contributed by atoms with E-state index in [1.54, 1.807) is 6.07 Å². The molecule has 2 aromatic rings. The van der Waals surface area contributed by atoms with E-state index in [0.717, 1.165) is 37.6 Å². The molecular formula is C17H20FN3O. The first-order valence-electron chi connectivity index (χ1n) is 7.53. The van der Waals surface area contributed by atoms with E-state index in [4.69, 9.17) is 0 Å². The number of aromatic nitrogens is 1. The lowest BCUT2D eigenvalue weighted by Crippen LogP contribution is -2.47. The normalized spacial score (nSPS) is 17.5. The third-order valence-electron chi connectivity index (χ3n) is 4.29. The monoisotopic (exact) mass is 301 g/mol. The molecule has 0 bridgehead atoms. The van der Waals surface area contributed by atoms with Gasteiger partial charge in [-0.05, 0) is 36.8 Å². The van der Waals surface area contributed by atoms with Crippen LogP contribution in [0.5, 0.6) is 5.75 Å². The number of benzene rings is 1. The molecule has 1 aliphatic rings. The Hall–Kier alpha value is -2.14. The van der Waals surface area contributed by atoms with Crippen molar-refractivity contribution in [1.82, 2.24) is 9.88 Å². The topological polar surface area (TPSA) is 39.6 Å². The molecule has 1 N–H and O–H groups in total. The number of anilines is 1. The number of hydrogen-bond acceptors (Lipinski definition) is 4. The van der Waals surface area contributed by atoms with Crippen LogP contribution in [0.4, 0.5) is 10.2 Å². The number of aromatic hydroxyl groups is 1. The Kier molecular flexibility index (Phi) is 4.24. The van der Waals surface area contributed by atoms with E-state index < -0.39 is 5.82 Å². The Morgan fingerprint density at radius 3 is 2.55 bits per heavy atom. The van der Waals surface area contributed by atoms with Gasteiger partial charge >= 0.3 is 0 Å². The summed E-state index contributed by atoms with van der Waals surface area (Å²) in [4.78, 5) is 8.97. The van der Waals surface area contributed by atoms with Crippen molar-refractivity contribution in [2.75, 3.05) is 31.1 Å². The van der Waals surface area contributed by atoms with Crippen LogP contribution in [0.15, 0.2) is 42.6 Å². The largest absolute Gasteiger partial charge is 0.505 e. The molecule has 5 heteroatoms. The Bertz CT molecular complexity index is 627. The molecule has 22 heavy (non-hydrogen) atoms. The van der Waals surface area contributed by atoms with Gasteiger partial charge in [-0.25, -0.2) is 9.37 Å². The summed E-state index contributed by atoms with van der Waals surface area (Å²) in [5.74, 6) is 0.151. The van der Waals surface area contributed by atoms with Crippen LogP contribution in [0.3, 0.4) is 0 Å². The molecule has 0 amide bonds. The Balaban J connectivity index is 1.64. The average Bonchev–Trinajstić information content (AvgIpc) is 2.58. The molecule has 0 spiro atoms. The predicted octanol–water partition coefficient (Wildman–Crippen LogP) is 2.81. The summed E-state index contributed by atoms with van der Waals surface area (Å²) in [6.45, 7) is 5.69. The lowest BCUT2D eigenvalue weighted by Gasteiger charge is -2.38. The van der Waals surface area contributed by atoms with Crippen LogP contribution < -0.4 is 4.90 Å². The highest BCUT2D eigenvalue weighted by Gasteiger charge is 2.23. The standard InChI is InChI=1S/C17H20FN3O/c1-13(14-5-6-16(22)15(18)12-14)20-8-10-21(11-9-20)17-4-2-3-7-19-17/h2-7,12-13,22H,8-11H2,1H3. The number of piperazine rings is 1. The number of phenolic OH excluding ortho intramolecular Hbond substituents is 1. The minimum absolute atomic E-state index is 0.126. The molecule has 1 saturated heterocycles. The summed E-state index contributed by atoms with van der Waals surface area (Å²) in [7, 11) is 0. The van der Waals surface area contributed by atoms with Gasteiger partial charge in [-0.2, -0.15) is 0 Å². The highest BCUT2D eigenvalue weighted by molar-refractivity contribution is 5.38. The van der Waals surface area contributed by atoms with Gasteiger partial charge < -0.3 is 10.0 Å². The highest BCUT2D eigenvalue weighted by Crippen LogP contribution is 2.26. The third kappa shape index (κ3) is 3.04. The highest BCUT2D eigenvalue weighted by atomic mass is 19.1. The van der Waals surface area contributed by atoms with E-state index in [2.05, 4.69) is 21.7 Å². The van der Waals surface area contributed by atoms with Crippen molar-refractivity contribution < 1.29 is 9.50 Å². The van der Waals surface area contributed by atoms with Crippen LogP contribution in [0.2, 0.25) is 0 Å². The van der Waals surface area contributed by atoms with Crippen molar-refractivity contribution in [3.63, 3.8) is 0 Å². The minimum atomic E-state index is -0.559. The second kappa shape index (κ2) is 6.32. The fraction of sp³-hybridized carbons (Fsp3) is 0.353. The van der Waals surface area contributed by atoms with Gasteiger partial charge in [0.25, 0.3) is 0 Å². The molecular weight excluding hydrogens is 281 g/mol. The number of phenols is 1. The zero-order valence-electron chi connectivity index (χ0n) is 12.6. The fourth-order valence-electron chi connectivity index (χ4n) is 2.87. The average molecular weight is 301 g/mol. The van der Waals surface area contributed by atoms with Crippen LogP contribution in [0, 0.1) is 5.82 Å². The van der Waals surface area contributed by atoms with Gasteiger partial charge in [-0.15, -0.1) is 0 Å². The molecule has 0 saturated carbocycles. The maximum absolute atomic E-state index is 13.5. The predicted molar refractivity (Wildman–Crippen MR) is 84.5 cm³/mol. The molecule has 0 aliphatic carbocycles. The van der Waals surface area contributed by atoms with Crippen LogP contribution in [-0.4, -0.2) is 41.2 Å². The van der Waals surface area contributed by atoms with Crippen LogP contribution in [-0.2, 0) is 0 Å². The first-order valence-corrected chi connectivity index (χ1v) is 7.53. The van der Waals surface area contributed by atoms with Gasteiger partial charge in [0.05, 0.1) is 0 Å². The van der Waals surface area contributed by atoms with Gasteiger partial charge in [-0.1, -0.05) is 12.1 Å². The fourth-order valence-corrected chi connectivity index (χ4v) is 2.87. The van der Waals surface area contributed by atoms with Gasteiger partial charge in [0, 0.05) is 38.4 Å². The molecule has 1 aliphatic heterocycles. The summed E-state index contributed by atoms with van der Waals surface area (Å²) < 4.78 is 13.5. The van der Waals surface area contributed by atoms with E-state index >= 15 is 0 Å². The molecule has 2 heterocycles. The summed E-state index contributed by atoms with van der Waals surface area (Å²) >= 11 is 0. The van der Waals surface area contributed by atoms with Gasteiger partial charge in [0.2, 0.25) is 0 Å². The number of halogens is 1. The summed E-state index contributed by atoms with van der Waals surface area (Å²) in [6, 6.07) is 10.7. The zero-order valence-corrected chi connectivity index (χ0v) is 12.6. The third-order valence-corrected chi connectivity index (χ3v) is 4.29. The Morgan fingerprint density at radius 1 is 1.14 bits per heavy atom. The second-order valence-electron chi connectivity index (χ2n) is 5.60. The second-order valence-corrected chi connectivity index (χ2v) is 5.60. The minimum Gasteiger partial charge on any atom is -0.505 e. The van der Waals surface area contributed by atoms with Crippen LogP contribution in [0.1, 0.15) is 18.5 Å². The van der Waals surface area contributed by atoms with Gasteiger partial charge in [-0.3, -0.25) is 4.90 Å². The first kappa shape index (κ1) is 14.8. The van der Waals surface area contributed by atoms with Crippen LogP contribution in [0.25, 0.3) is 0 Å². The summed E-state index contributed by atoms with van der Waals surface area (Å²) in [6.07, 6.45) is 1.81. The van der Waals surface area contributed by atoms with Gasteiger partial charge in [0.1, 0.15) is 5.82 Å².